The Morgan fingerprint density at radius 1 is 1.41 bits per heavy atom. The number of hydrogen-bond acceptors (Lipinski definition) is 4. The highest BCUT2D eigenvalue weighted by molar-refractivity contribution is 7.99. The minimum Gasteiger partial charge on any atom is -0.376 e. The van der Waals surface area contributed by atoms with Crippen molar-refractivity contribution in [3.8, 4) is 0 Å². The van der Waals surface area contributed by atoms with Gasteiger partial charge in [-0.3, -0.25) is 4.79 Å². The van der Waals surface area contributed by atoms with Crippen LogP contribution in [0.15, 0.2) is 23.4 Å². The third kappa shape index (κ3) is 5.46. The molecule has 1 aliphatic heterocycles. The first-order chi connectivity index (χ1) is 13.6. The summed E-state index contributed by atoms with van der Waals surface area (Å²) in [5.41, 5.74) is 0.932. The molecule has 1 aromatic carbocycles. The first kappa shape index (κ1) is 22.0. The lowest BCUT2D eigenvalue weighted by atomic mass is 10.2. The van der Waals surface area contributed by atoms with E-state index in [-0.39, 0.29) is 22.6 Å². The Labute approximate surface area is 176 Å². The van der Waals surface area contributed by atoms with Crippen LogP contribution in [0.3, 0.4) is 0 Å². The fourth-order valence-corrected chi connectivity index (χ4v) is 4.12. The number of anilines is 1. The van der Waals surface area contributed by atoms with Gasteiger partial charge in [0.25, 0.3) is 0 Å². The van der Waals surface area contributed by atoms with Gasteiger partial charge in [0.05, 0.1) is 40.4 Å². The molecular weight excluding hydrogens is 427 g/mol. The molecule has 0 unspecified atom stereocenters. The van der Waals surface area contributed by atoms with Gasteiger partial charge in [-0.05, 0) is 44.9 Å². The highest BCUT2D eigenvalue weighted by atomic mass is 35.5. The Kier molecular flexibility index (Phi) is 6.80. The van der Waals surface area contributed by atoms with E-state index in [1.165, 1.54) is 11.8 Å². The number of hydrogen-bond donors (Lipinski definition) is 1. The number of nitrogens with zero attached hydrogens (tertiary/aromatic N) is 2. The molecule has 0 radical (unpaired) electrons. The van der Waals surface area contributed by atoms with Crippen molar-refractivity contribution in [3.63, 3.8) is 0 Å². The molecule has 1 saturated heterocycles. The van der Waals surface area contributed by atoms with Gasteiger partial charge in [0, 0.05) is 12.3 Å². The lowest BCUT2D eigenvalue weighted by Gasteiger charge is -2.15. The van der Waals surface area contributed by atoms with Crippen LogP contribution in [0.4, 0.5) is 18.9 Å². The van der Waals surface area contributed by atoms with Crippen LogP contribution in [0, 0.1) is 13.8 Å². The van der Waals surface area contributed by atoms with Crippen LogP contribution in [0.1, 0.15) is 29.8 Å². The summed E-state index contributed by atoms with van der Waals surface area (Å²) in [4.78, 5) is 16.8. The molecule has 29 heavy (non-hydrogen) atoms. The number of rotatable bonds is 6. The fourth-order valence-electron chi connectivity index (χ4n) is 3.05. The largest absolute Gasteiger partial charge is 0.416 e. The van der Waals surface area contributed by atoms with E-state index in [1.54, 1.807) is 0 Å². The van der Waals surface area contributed by atoms with Crippen molar-refractivity contribution in [3.05, 3.63) is 40.2 Å². The van der Waals surface area contributed by atoms with Gasteiger partial charge in [0.1, 0.15) is 0 Å². The molecule has 1 fully saturated rings. The number of aryl methyl sites for hydroxylation is 1. The van der Waals surface area contributed by atoms with Crippen molar-refractivity contribution in [2.45, 2.75) is 50.7 Å². The van der Waals surface area contributed by atoms with Gasteiger partial charge in [-0.2, -0.15) is 13.2 Å². The van der Waals surface area contributed by atoms with Crippen molar-refractivity contribution >= 4 is 35.0 Å². The van der Waals surface area contributed by atoms with Crippen molar-refractivity contribution in [2.24, 2.45) is 0 Å². The predicted molar refractivity (Wildman–Crippen MR) is 106 cm³/mol. The Balaban J connectivity index is 1.66. The van der Waals surface area contributed by atoms with Gasteiger partial charge in [0.2, 0.25) is 5.91 Å². The molecular formula is C19H21ClF3N3O2S. The molecule has 10 heteroatoms. The molecule has 3 rings (SSSR count). The van der Waals surface area contributed by atoms with Gasteiger partial charge in [-0.1, -0.05) is 23.4 Å². The number of imidazole rings is 1. The van der Waals surface area contributed by atoms with Crippen molar-refractivity contribution in [1.82, 2.24) is 9.55 Å². The minimum absolute atomic E-state index is 0.00596. The van der Waals surface area contributed by atoms with Gasteiger partial charge in [-0.15, -0.1) is 0 Å². The smallest absolute Gasteiger partial charge is 0.376 e. The fraction of sp³-hybridized carbons (Fsp3) is 0.474. The second-order valence-corrected chi connectivity index (χ2v) is 8.19. The highest BCUT2D eigenvalue weighted by Gasteiger charge is 2.31. The van der Waals surface area contributed by atoms with Crippen LogP contribution >= 0.6 is 23.4 Å². The molecule has 2 aromatic rings. The van der Waals surface area contributed by atoms with Crippen LogP contribution < -0.4 is 5.32 Å². The Morgan fingerprint density at radius 3 is 2.83 bits per heavy atom. The number of carbonyl (C=O) groups excluding carboxylic acids is 1. The standard InChI is InChI=1S/C19H21ClF3N3O2S/c1-11-12(2)26(9-14-4-3-7-28-14)18(24-11)29-10-17(27)25-16-8-13(19(21,22)23)5-6-15(16)20/h5-6,8,14H,3-4,7,9-10H2,1-2H3,(H,25,27)/t14-/m1/s1. The van der Waals surface area contributed by atoms with Gasteiger partial charge >= 0.3 is 6.18 Å². The number of alkyl halides is 3. The summed E-state index contributed by atoms with van der Waals surface area (Å²) in [5, 5.41) is 3.18. The van der Waals surface area contributed by atoms with E-state index < -0.39 is 17.6 Å². The van der Waals surface area contributed by atoms with E-state index in [2.05, 4.69) is 10.3 Å². The third-order valence-corrected chi connectivity index (χ3v) is 6.04. The van der Waals surface area contributed by atoms with E-state index in [0.717, 1.165) is 49.0 Å². The second kappa shape index (κ2) is 8.97. The molecule has 1 aliphatic rings. The summed E-state index contributed by atoms with van der Waals surface area (Å²) < 4.78 is 46.3. The summed E-state index contributed by atoms with van der Waals surface area (Å²) in [7, 11) is 0. The van der Waals surface area contributed by atoms with Crippen molar-refractivity contribution < 1.29 is 22.7 Å². The van der Waals surface area contributed by atoms with Gasteiger partial charge in [0.15, 0.2) is 5.16 Å². The van der Waals surface area contributed by atoms with Gasteiger partial charge in [-0.25, -0.2) is 4.98 Å². The number of carbonyl (C=O) groups is 1. The van der Waals surface area contributed by atoms with Crippen LogP contribution in [0.5, 0.6) is 0 Å². The zero-order chi connectivity index (χ0) is 21.2. The van der Waals surface area contributed by atoms with Crippen molar-refractivity contribution in [2.75, 3.05) is 17.7 Å². The maximum atomic E-state index is 12.9. The van der Waals surface area contributed by atoms with Gasteiger partial charge < -0.3 is 14.6 Å². The van der Waals surface area contributed by atoms with Crippen LogP contribution in [-0.2, 0) is 22.3 Å². The first-order valence-electron chi connectivity index (χ1n) is 9.10. The Hall–Kier alpha value is -1.71. The second-order valence-electron chi connectivity index (χ2n) is 6.84. The molecule has 5 nitrogen and oxygen atoms in total. The number of benzene rings is 1. The molecule has 0 aliphatic carbocycles. The van der Waals surface area contributed by atoms with Crippen LogP contribution in [0.2, 0.25) is 5.02 Å². The maximum Gasteiger partial charge on any atom is 0.416 e. The van der Waals surface area contributed by atoms with Crippen LogP contribution in [-0.4, -0.2) is 33.9 Å². The topological polar surface area (TPSA) is 56.2 Å². The van der Waals surface area contributed by atoms with E-state index in [0.29, 0.717) is 11.7 Å². The van der Waals surface area contributed by atoms with E-state index in [1.807, 2.05) is 18.4 Å². The zero-order valence-electron chi connectivity index (χ0n) is 16.0. The van der Waals surface area contributed by atoms with E-state index in [4.69, 9.17) is 16.3 Å². The third-order valence-electron chi connectivity index (χ3n) is 4.73. The number of ether oxygens (including phenoxy) is 1. The average molecular weight is 448 g/mol. The molecule has 158 valence electrons. The number of nitrogens with one attached hydrogen (secondary N) is 1. The normalized spacial score (nSPS) is 17.0. The predicted octanol–water partition coefficient (Wildman–Crippen LogP) is 5.08. The maximum absolute atomic E-state index is 12.9. The minimum atomic E-state index is -4.51. The summed E-state index contributed by atoms with van der Waals surface area (Å²) >= 11 is 7.16. The Bertz CT molecular complexity index is 896. The summed E-state index contributed by atoms with van der Waals surface area (Å²) in [6.07, 6.45) is -2.38. The molecule has 0 bridgehead atoms. The monoisotopic (exact) mass is 447 g/mol. The SMILES string of the molecule is Cc1nc(SCC(=O)Nc2cc(C(F)(F)F)ccc2Cl)n(C[C@H]2CCCO2)c1C. The summed E-state index contributed by atoms with van der Waals surface area (Å²) in [5.74, 6) is -0.466. The molecule has 0 saturated carbocycles. The van der Waals surface area contributed by atoms with Crippen molar-refractivity contribution in [1.29, 1.82) is 0 Å². The van der Waals surface area contributed by atoms with E-state index >= 15 is 0 Å². The number of thioether (sulfide) groups is 1. The Morgan fingerprint density at radius 2 is 2.17 bits per heavy atom. The molecule has 1 atom stereocenters. The molecule has 1 aromatic heterocycles. The number of aromatic nitrogens is 2. The first-order valence-corrected chi connectivity index (χ1v) is 10.5. The van der Waals surface area contributed by atoms with E-state index in [9.17, 15) is 18.0 Å². The number of amides is 1. The zero-order valence-corrected chi connectivity index (χ0v) is 17.5. The quantitative estimate of drug-likeness (QED) is 0.627. The number of halogens is 4. The average Bonchev–Trinajstić information content (AvgIpc) is 3.25. The molecule has 2 heterocycles. The molecule has 0 spiro atoms. The summed E-state index contributed by atoms with van der Waals surface area (Å²) in [6, 6.07) is 2.83. The highest BCUT2D eigenvalue weighted by Crippen LogP contribution is 2.34. The van der Waals surface area contributed by atoms with Crippen LogP contribution in [0.25, 0.3) is 0 Å². The summed E-state index contributed by atoms with van der Waals surface area (Å²) in [6.45, 7) is 5.27. The lowest BCUT2D eigenvalue weighted by molar-refractivity contribution is -0.137. The molecule has 1 amide bonds. The lowest BCUT2D eigenvalue weighted by Crippen LogP contribution is -2.18. The molecule has 1 N–H and O–H groups in total.